The Morgan fingerprint density at radius 3 is 2.56 bits per heavy atom. The number of carbonyl (C=O) groups excluding carboxylic acids is 1. The predicted molar refractivity (Wildman–Crippen MR) is 98.2 cm³/mol. The summed E-state index contributed by atoms with van der Waals surface area (Å²) in [5.74, 6) is -0.0979. The van der Waals surface area contributed by atoms with Crippen molar-refractivity contribution < 1.29 is 4.79 Å². The van der Waals surface area contributed by atoms with E-state index in [2.05, 4.69) is 23.2 Å². The Morgan fingerprint density at radius 1 is 1.08 bits per heavy atom. The molecule has 4 nitrogen and oxygen atoms in total. The van der Waals surface area contributed by atoms with Crippen LogP contribution < -0.4 is 0 Å². The van der Waals surface area contributed by atoms with E-state index in [1.807, 2.05) is 30.3 Å². The molecule has 0 aliphatic carbocycles. The highest BCUT2D eigenvalue weighted by atomic mass is 32.1. The molecule has 0 unspecified atom stereocenters. The Labute approximate surface area is 151 Å². The van der Waals surface area contributed by atoms with E-state index in [-0.39, 0.29) is 5.91 Å². The molecule has 3 aromatic rings. The highest BCUT2D eigenvalue weighted by molar-refractivity contribution is 7.12. The standard InChI is InChI=1S/C20H17N3OS/c21-14-18-9-13-25-19(18)20(24)23(15-17-6-10-22-11-7-17)12-8-16-4-2-1-3-5-16/h1-7,9-11,13H,8,12,15H2. The Morgan fingerprint density at radius 2 is 1.84 bits per heavy atom. The molecule has 2 aromatic heterocycles. The lowest BCUT2D eigenvalue weighted by Gasteiger charge is -2.22. The van der Waals surface area contributed by atoms with Gasteiger partial charge in [0.25, 0.3) is 5.91 Å². The normalized spacial score (nSPS) is 10.2. The summed E-state index contributed by atoms with van der Waals surface area (Å²) in [6.07, 6.45) is 4.22. The lowest BCUT2D eigenvalue weighted by atomic mass is 10.1. The van der Waals surface area contributed by atoms with Crippen LogP contribution in [0.5, 0.6) is 0 Å². The fourth-order valence-corrected chi connectivity index (χ4v) is 3.39. The summed E-state index contributed by atoms with van der Waals surface area (Å²) in [5.41, 5.74) is 2.64. The van der Waals surface area contributed by atoms with Gasteiger partial charge in [0.1, 0.15) is 10.9 Å². The fraction of sp³-hybridized carbons (Fsp3) is 0.150. The smallest absolute Gasteiger partial charge is 0.265 e. The quantitative estimate of drug-likeness (QED) is 0.679. The van der Waals surface area contributed by atoms with E-state index in [9.17, 15) is 10.1 Å². The molecule has 1 aromatic carbocycles. The molecule has 0 aliphatic heterocycles. The molecule has 0 saturated heterocycles. The number of carbonyl (C=O) groups is 1. The Balaban J connectivity index is 1.81. The van der Waals surface area contributed by atoms with Crippen molar-refractivity contribution in [2.75, 3.05) is 6.54 Å². The summed E-state index contributed by atoms with van der Waals surface area (Å²) >= 11 is 1.32. The number of aromatic nitrogens is 1. The summed E-state index contributed by atoms with van der Waals surface area (Å²) in [6.45, 7) is 1.09. The van der Waals surface area contributed by atoms with Crippen LogP contribution in [-0.4, -0.2) is 22.3 Å². The van der Waals surface area contributed by atoms with Crippen LogP contribution in [0.15, 0.2) is 66.3 Å². The third-order valence-electron chi connectivity index (χ3n) is 3.90. The molecule has 0 bridgehead atoms. The molecule has 0 N–H and O–H groups in total. The van der Waals surface area contributed by atoms with Gasteiger partial charge in [0.05, 0.1) is 5.56 Å². The number of hydrogen-bond donors (Lipinski definition) is 0. The van der Waals surface area contributed by atoms with E-state index >= 15 is 0 Å². The second-order valence-electron chi connectivity index (χ2n) is 5.59. The number of pyridine rings is 1. The number of nitrogens with zero attached hydrogens (tertiary/aromatic N) is 3. The van der Waals surface area contributed by atoms with Crippen molar-refractivity contribution >= 4 is 17.2 Å². The largest absolute Gasteiger partial charge is 0.333 e. The van der Waals surface area contributed by atoms with E-state index < -0.39 is 0 Å². The minimum absolute atomic E-state index is 0.0979. The second-order valence-corrected chi connectivity index (χ2v) is 6.51. The van der Waals surface area contributed by atoms with Crippen molar-refractivity contribution in [2.45, 2.75) is 13.0 Å². The minimum atomic E-state index is -0.0979. The summed E-state index contributed by atoms with van der Waals surface area (Å²) in [4.78, 5) is 19.3. The maximum atomic E-state index is 13.0. The Bertz CT molecular complexity index is 869. The summed E-state index contributed by atoms with van der Waals surface area (Å²) in [7, 11) is 0. The average Bonchev–Trinajstić information content (AvgIpc) is 3.15. The monoisotopic (exact) mass is 347 g/mol. The molecule has 0 atom stereocenters. The van der Waals surface area contributed by atoms with Gasteiger partial charge in [-0.25, -0.2) is 0 Å². The van der Waals surface area contributed by atoms with Gasteiger partial charge in [0, 0.05) is 25.5 Å². The number of rotatable bonds is 6. The molecule has 0 saturated carbocycles. The number of hydrogen-bond acceptors (Lipinski definition) is 4. The average molecular weight is 347 g/mol. The van der Waals surface area contributed by atoms with Gasteiger partial charge in [-0.2, -0.15) is 5.26 Å². The molecule has 0 fully saturated rings. The van der Waals surface area contributed by atoms with Crippen LogP contribution in [0.4, 0.5) is 0 Å². The lowest BCUT2D eigenvalue weighted by Crippen LogP contribution is -2.32. The highest BCUT2D eigenvalue weighted by Crippen LogP contribution is 2.20. The zero-order valence-electron chi connectivity index (χ0n) is 13.6. The highest BCUT2D eigenvalue weighted by Gasteiger charge is 2.20. The Hall–Kier alpha value is -2.97. The number of benzene rings is 1. The van der Waals surface area contributed by atoms with E-state index in [0.29, 0.717) is 23.5 Å². The molecular formula is C20H17N3OS. The van der Waals surface area contributed by atoms with Crippen LogP contribution >= 0.6 is 11.3 Å². The lowest BCUT2D eigenvalue weighted by molar-refractivity contribution is 0.0749. The van der Waals surface area contributed by atoms with Crippen molar-refractivity contribution in [3.63, 3.8) is 0 Å². The fourth-order valence-electron chi connectivity index (χ4n) is 2.58. The molecule has 2 heterocycles. The summed E-state index contributed by atoms with van der Waals surface area (Å²) < 4.78 is 0. The first kappa shape index (κ1) is 16.9. The number of thiophene rings is 1. The SMILES string of the molecule is N#Cc1ccsc1C(=O)N(CCc1ccccc1)Cc1ccncc1. The molecule has 25 heavy (non-hydrogen) atoms. The van der Waals surface area contributed by atoms with Crippen molar-refractivity contribution in [1.29, 1.82) is 5.26 Å². The molecule has 5 heteroatoms. The topological polar surface area (TPSA) is 57.0 Å². The van der Waals surface area contributed by atoms with Gasteiger partial charge < -0.3 is 4.90 Å². The molecule has 0 spiro atoms. The molecule has 124 valence electrons. The van der Waals surface area contributed by atoms with Crippen LogP contribution in [0, 0.1) is 11.3 Å². The predicted octanol–water partition coefficient (Wildman–Crippen LogP) is 3.90. The number of nitriles is 1. The van der Waals surface area contributed by atoms with Gasteiger partial charge in [0.2, 0.25) is 0 Å². The second kappa shape index (κ2) is 8.22. The van der Waals surface area contributed by atoms with E-state index in [1.54, 1.807) is 28.7 Å². The minimum Gasteiger partial charge on any atom is -0.333 e. The van der Waals surface area contributed by atoms with Gasteiger partial charge in [-0.3, -0.25) is 9.78 Å². The summed E-state index contributed by atoms with van der Waals surface area (Å²) in [6, 6.07) is 17.7. The van der Waals surface area contributed by atoms with Crippen molar-refractivity contribution in [3.05, 3.63) is 87.9 Å². The zero-order chi connectivity index (χ0) is 17.5. The van der Waals surface area contributed by atoms with Gasteiger partial charge in [-0.1, -0.05) is 30.3 Å². The molecule has 0 radical (unpaired) electrons. The summed E-state index contributed by atoms with van der Waals surface area (Å²) in [5, 5.41) is 11.0. The van der Waals surface area contributed by atoms with Crippen molar-refractivity contribution in [1.82, 2.24) is 9.88 Å². The van der Waals surface area contributed by atoms with E-state index in [0.717, 1.165) is 12.0 Å². The van der Waals surface area contributed by atoms with Crippen LogP contribution in [0.3, 0.4) is 0 Å². The molecule has 3 rings (SSSR count). The number of amides is 1. The molecule has 0 aliphatic rings. The van der Waals surface area contributed by atoms with Crippen molar-refractivity contribution in [3.8, 4) is 6.07 Å². The first-order valence-corrected chi connectivity index (χ1v) is 8.85. The molecular weight excluding hydrogens is 330 g/mol. The van der Waals surface area contributed by atoms with Gasteiger partial charge >= 0.3 is 0 Å². The first-order chi connectivity index (χ1) is 12.3. The van der Waals surface area contributed by atoms with Gasteiger partial charge in [-0.15, -0.1) is 11.3 Å². The van der Waals surface area contributed by atoms with Crippen LogP contribution in [0.2, 0.25) is 0 Å². The maximum Gasteiger partial charge on any atom is 0.265 e. The third-order valence-corrected chi connectivity index (χ3v) is 4.81. The third kappa shape index (κ3) is 4.31. The zero-order valence-corrected chi connectivity index (χ0v) is 14.4. The van der Waals surface area contributed by atoms with Crippen molar-refractivity contribution in [2.24, 2.45) is 0 Å². The molecule has 1 amide bonds. The Kier molecular flexibility index (Phi) is 5.55. The van der Waals surface area contributed by atoms with Crippen LogP contribution in [0.1, 0.15) is 26.4 Å². The first-order valence-electron chi connectivity index (χ1n) is 7.97. The van der Waals surface area contributed by atoms with Crippen LogP contribution in [0.25, 0.3) is 0 Å². The van der Waals surface area contributed by atoms with E-state index in [4.69, 9.17) is 0 Å². The maximum absolute atomic E-state index is 13.0. The van der Waals surface area contributed by atoms with Gasteiger partial charge in [-0.05, 0) is 41.1 Å². The van der Waals surface area contributed by atoms with Gasteiger partial charge in [0.15, 0.2) is 0 Å². The van der Waals surface area contributed by atoms with E-state index in [1.165, 1.54) is 16.9 Å². The van der Waals surface area contributed by atoms with Crippen LogP contribution in [-0.2, 0) is 13.0 Å².